The second-order valence-electron chi connectivity index (χ2n) is 3.05. The van der Waals surface area contributed by atoms with Gasteiger partial charge in [-0.3, -0.25) is 4.79 Å². The number of fused-ring (bicyclic) bond motifs is 1. The SMILES string of the molecule is Cc1c(OC=O)c(=S)oc2ccccc12. The average molecular weight is 220 g/mol. The lowest BCUT2D eigenvalue weighted by Gasteiger charge is -2.05. The van der Waals surface area contributed by atoms with Gasteiger partial charge in [0.2, 0.25) is 4.71 Å². The molecule has 0 amide bonds. The fraction of sp³-hybridized carbons (Fsp3) is 0.0909. The topological polar surface area (TPSA) is 39.4 Å². The second-order valence-corrected chi connectivity index (χ2v) is 3.42. The van der Waals surface area contributed by atoms with Crippen molar-refractivity contribution in [3.63, 3.8) is 0 Å². The summed E-state index contributed by atoms with van der Waals surface area (Å²) in [6, 6.07) is 7.46. The van der Waals surface area contributed by atoms with Gasteiger partial charge in [0.15, 0.2) is 5.75 Å². The molecule has 0 saturated heterocycles. The summed E-state index contributed by atoms with van der Waals surface area (Å²) < 4.78 is 10.3. The highest BCUT2D eigenvalue weighted by atomic mass is 32.1. The van der Waals surface area contributed by atoms with Gasteiger partial charge < -0.3 is 9.15 Å². The van der Waals surface area contributed by atoms with E-state index >= 15 is 0 Å². The zero-order valence-electron chi connectivity index (χ0n) is 8.02. The van der Waals surface area contributed by atoms with E-state index in [9.17, 15) is 4.79 Å². The normalized spacial score (nSPS) is 10.2. The first kappa shape index (κ1) is 9.86. The van der Waals surface area contributed by atoms with E-state index in [4.69, 9.17) is 21.4 Å². The van der Waals surface area contributed by atoms with Gasteiger partial charge in [-0.05, 0) is 25.2 Å². The number of hydrogen-bond acceptors (Lipinski definition) is 4. The lowest BCUT2D eigenvalue weighted by molar-refractivity contribution is -0.120. The average Bonchev–Trinajstić information content (AvgIpc) is 2.24. The summed E-state index contributed by atoms with van der Waals surface area (Å²) in [6.45, 7) is 2.19. The molecule has 2 rings (SSSR count). The first-order valence-corrected chi connectivity index (χ1v) is 4.77. The van der Waals surface area contributed by atoms with Crippen molar-refractivity contribution in [2.24, 2.45) is 0 Å². The van der Waals surface area contributed by atoms with Crippen molar-refractivity contribution in [1.29, 1.82) is 0 Å². The molecule has 3 nitrogen and oxygen atoms in total. The number of para-hydroxylation sites is 1. The maximum absolute atomic E-state index is 10.3. The maximum Gasteiger partial charge on any atom is 0.298 e. The number of carbonyl (C=O) groups is 1. The van der Waals surface area contributed by atoms with Crippen LogP contribution in [0.25, 0.3) is 11.0 Å². The molecular weight excluding hydrogens is 212 g/mol. The van der Waals surface area contributed by atoms with Gasteiger partial charge in [-0.2, -0.15) is 0 Å². The van der Waals surface area contributed by atoms with Gasteiger partial charge in [-0.1, -0.05) is 18.2 Å². The Morgan fingerprint density at radius 1 is 1.40 bits per heavy atom. The molecule has 1 heterocycles. The Balaban J connectivity index is 2.83. The summed E-state index contributed by atoms with van der Waals surface area (Å²) >= 11 is 4.98. The van der Waals surface area contributed by atoms with Crippen molar-refractivity contribution in [3.8, 4) is 5.75 Å². The van der Waals surface area contributed by atoms with E-state index in [0.29, 0.717) is 17.8 Å². The fourth-order valence-electron chi connectivity index (χ4n) is 1.47. The van der Waals surface area contributed by atoms with Crippen LogP contribution in [0.3, 0.4) is 0 Å². The van der Waals surface area contributed by atoms with Gasteiger partial charge in [0, 0.05) is 10.9 Å². The van der Waals surface area contributed by atoms with Crippen LogP contribution in [0.15, 0.2) is 28.7 Å². The molecule has 0 saturated carbocycles. The lowest BCUT2D eigenvalue weighted by atomic mass is 10.1. The zero-order valence-corrected chi connectivity index (χ0v) is 8.84. The van der Waals surface area contributed by atoms with E-state index in [-0.39, 0.29) is 4.71 Å². The van der Waals surface area contributed by atoms with E-state index in [1.807, 2.05) is 31.2 Å². The minimum Gasteiger partial charge on any atom is -0.441 e. The Hall–Kier alpha value is -1.68. The van der Waals surface area contributed by atoms with E-state index in [2.05, 4.69) is 0 Å². The first-order valence-electron chi connectivity index (χ1n) is 4.37. The van der Waals surface area contributed by atoms with Crippen molar-refractivity contribution in [2.75, 3.05) is 0 Å². The van der Waals surface area contributed by atoms with Crippen molar-refractivity contribution < 1.29 is 13.9 Å². The molecule has 0 N–H and O–H groups in total. The van der Waals surface area contributed by atoms with Crippen molar-refractivity contribution >= 4 is 29.7 Å². The van der Waals surface area contributed by atoms with Gasteiger partial charge in [0.05, 0.1) is 0 Å². The molecule has 0 aliphatic carbocycles. The highest BCUT2D eigenvalue weighted by Gasteiger charge is 2.08. The third-order valence-corrected chi connectivity index (χ3v) is 2.45. The Kier molecular flexibility index (Phi) is 2.51. The van der Waals surface area contributed by atoms with Crippen molar-refractivity contribution in [1.82, 2.24) is 0 Å². The van der Waals surface area contributed by atoms with Crippen LogP contribution < -0.4 is 4.74 Å². The predicted molar refractivity (Wildman–Crippen MR) is 58.5 cm³/mol. The number of ether oxygens (including phenoxy) is 1. The Morgan fingerprint density at radius 3 is 2.87 bits per heavy atom. The van der Waals surface area contributed by atoms with Gasteiger partial charge in [-0.25, -0.2) is 0 Å². The molecule has 2 aromatic rings. The summed E-state index contributed by atoms with van der Waals surface area (Å²) in [7, 11) is 0. The summed E-state index contributed by atoms with van der Waals surface area (Å²) in [5.74, 6) is 0.318. The minimum absolute atomic E-state index is 0.193. The molecule has 15 heavy (non-hydrogen) atoms. The van der Waals surface area contributed by atoms with Crippen molar-refractivity contribution in [2.45, 2.75) is 6.92 Å². The van der Waals surface area contributed by atoms with Crippen LogP contribution in [0.4, 0.5) is 0 Å². The molecule has 4 heteroatoms. The zero-order chi connectivity index (χ0) is 10.8. The molecule has 0 unspecified atom stereocenters. The quantitative estimate of drug-likeness (QED) is 0.576. The van der Waals surface area contributed by atoms with Gasteiger partial charge >= 0.3 is 0 Å². The molecule has 76 valence electrons. The summed E-state index contributed by atoms with van der Waals surface area (Å²) in [6.07, 6.45) is 0. The molecule has 0 spiro atoms. The van der Waals surface area contributed by atoms with Crippen molar-refractivity contribution in [3.05, 3.63) is 34.5 Å². The number of carbonyl (C=O) groups excluding carboxylic acids is 1. The highest BCUT2D eigenvalue weighted by Crippen LogP contribution is 2.28. The van der Waals surface area contributed by atoms with Gasteiger partial charge in [-0.15, -0.1) is 0 Å². The Labute approximate surface area is 91.3 Å². The number of hydrogen-bond donors (Lipinski definition) is 0. The summed E-state index contributed by atoms with van der Waals surface area (Å²) in [4.78, 5) is 10.3. The molecular formula is C11H8O3S. The van der Waals surface area contributed by atoms with Crippen LogP contribution >= 0.6 is 12.2 Å². The van der Waals surface area contributed by atoms with E-state index in [1.54, 1.807) is 0 Å². The molecule has 0 aliphatic heterocycles. The second kappa shape index (κ2) is 3.82. The largest absolute Gasteiger partial charge is 0.441 e. The lowest BCUT2D eigenvalue weighted by Crippen LogP contribution is -1.93. The molecule has 0 aliphatic rings. The number of benzene rings is 1. The number of aryl methyl sites for hydroxylation is 1. The summed E-state index contributed by atoms with van der Waals surface area (Å²) in [5.41, 5.74) is 1.51. The van der Waals surface area contributed by atoms with E-state index < -0.39 is 0 Å². The fourth-order valence-corrected chi connectivity index (χ4v) is 1.76. The molecule has 0 fully saturated rings. The standard InChI is InChI=1S/C11H8O3S/c1-7-8-4-2-3-5-9(8)14-11(15)10(7)13-6-12/h2-6H,1H3. The Morgan fingerprint density at radius 2 is 2.13 bits per heavy atom. The van der Waals surface area contributed by atoms with Crippen LogP contribution in [-0.2, 0) is 4.79 Å². The molecule has 0 bridgehead atoms. The number of rotatable bonds is 2. The molecule has 0 radical (unpaired) electrons. The highest BCUT2D eigenvalue weighted by molar-refractivity contribution is 7.71. The van der Waals surface area contributed by atoms with Crippen LogP contribution in [0.1, 0.15) is 5.56 Å². The smallest absolute Gasteiger partial charge is 0.298 e. The predicted octanol–water partition coefficient (Wildman–Crippen LogP) is 3.01. The van der Waals surface area contributed by atoms with Crippen LogP contribution in [0.5, 0.6) is 5.75 Å². The van der Waals surface area contributed by atoms with Gasteiger partial charge in [0.25, 0.3) is 6.47 Å². The maximum atomic E-state index is 10.3. The summed E-state index contributed by atoms with van der Waals surface area (Å²) in [5, 5.41) is 0.892. The van der Waals surface area contributed by atoms with Crippen LogP contribution in [-0.4, -0.2) is 6.47 Å². The molecule has 1 aromatic carbocycles. The Bertz CT molecular complexity index is 572. The van der Waals surface area contributed by atoms with E-state index in [0.717, 1.165) is 10.9 Å². The monoisotopic (exact) mass is 220 g/mol. The minimum atomic E-state index is 0.193. The van der Waals surface area contributed by atoms with E-state index in [1.165, 1.54) is 0 Å². The third-order valence-electron chi connectivity index (χ3n) is 2.19. The molecule has 0 atom stereocenters. The van der Waals surface area contributed by atoms with Crippen LogP contribution in [0.2, 0.25) is 0 Å². The molecule has 1 aromatic heterocycles. The van der Waals surface area contributed by atoms with Gasteiger partial charge in [0.1, 0.15) is 5.58 Å². The van der Waals surface area contributed by atoms with Crippen LogP contribution in [0, 0.1) is 11.6 Å². The third kappa shape index (κ3) is 1.64. The first-order chi connectivity index (χ1) is 7.24.